The molecule has 0 aromatic heterocycles. The Bertz CT molecular complexity index is 337. The molecule has 1 aromatic carbocycles. The van der Waals surface area contributed by atoms with Gasteiger partial charge in [0.05, 0.1) is 0 Å². The van der Waals surface area contributed by atoms with E-state index >= 15 is 0 Å². The Labute approximate surface area is 119 Å². The Kier molecular flexibility index (Phi) is 6.90. The predicted octanol–water partition coefficient (Wildman–Crippen LogP) is 3.38. The highest BCUT2D eigenvalue weighted by atomic mass is 79.9. The Morgan fingerprint density at radius 3 is 2.28 bits per heavy atom. The molecule has 0 aliphatic heterocycles. The van der Waals surface area contributed by atoms with Gasteiger partial charge in [0.2, 0.25) is 0 Å². The van der Waals surface area contributed by atoms with Gasteiger partial charge in [-0.15, -0.1) is 0 Å². The molecule has 2 nitrogen and oxygen atoms in total. The summed E-state index contributed by atoms with van der Waals surface area (Å²) in [5, 5.41) is 12.7. The van der Waals surface area contributed by atoms with Crippen molar-refractivity contribution in [1.29, 1.82) is 0 Å². The van der Waals surface area contributed by atoms with Gasteiger partial charge < -0.3 is 10.4 Å². The third-order valence-electron chi connectivity index (χ3n) is 3.20. The molecule has 1 aromatic rings. The summed E-state index contributed by atoms with van der Waals surface area (Å²) in [6.45, 7) is 6.84. The zero-order valence-electron chi connectivity index (χ0n) is 11.5. The number of aliphatic hydroxyl groups is 1. The van der Waals surface area contributed by atoms with E-state index in [9.17, 15) is 0 Å². The molecule has 3 heteroatoms. The third kappa shape index (κ3) is 5.51. The third-order valence-corrected chi connectivity index (χ3v) is 3.73. The predicted molar refractivity (Wildman–Crippen MR) is 80.8 cm³/mol. The smallest absolute Gasteiger partial charge is 0.0445 e. The maximum absolute atomic E-state index is 9.07. The maximum atomic E-state index is 9.07. The number of rotatable bonds is 7. The molecular weight excluding hydrogens is 290 g/mol. The van der Waals surface area contributed by atoms with Crippen molar-refractivity contribution >= 4 is 15.9 Å². The van der Waals surface area contributed by atoms with Gasteiger partial charge in [-0.25, -0.2) is 0 Å². The number of aliphatic hydroxyl groups excluding tert-OH is 1. The van der Waals surface area contributed by atoms with Gasteiger partial charge in [-0.1, -0.05) is 41.9 Å². The fourth-order valence-corrected chi connectivity index (χ4v) is 2.41. The molecule has 0 radical (unpaired) electrons. The average Bonchev–Trinajstić information content (AvgIpc) is 2.31. The van der Waals surface area contributed by atoms with E-state index in [4.69, 9.17) is 5.11 Å². The number of hydrogen-bond acceptors (Lipinski definition) is 2. The van der Waals surface area contributed by atoms with Crippen molar-refractivity contribution < 1.29 is 5.11 Å². The second-order valence-electron chi connectivity index (χ2n) is 5.26. The Morgan fingerprint density at radius 2 is 1.78 bits per heavy atom. The van der Waals surface area contributed by atoms with Crippen molar-refractivity contribution in [2.24, 2.45) is 5.92 Å². The lowest BCUT2D eigenvalue weighted by Crippen LogP contribution is -2.41. The second-order valence-corrected chi connectivity index (χ2v) is 6.18. The van der Waals surface area contributed by atoms with Crippen LogP contribution >= 0.6 is 15.9 Å². The highest BCUT2D eigenvalue weighted by Crippen LogP contribution is 2.13. The average molecular weight is 314 g/mol. The molecule has 0 aliphatic rings. The minimum absolute atomic E-state index is 0.251. The van der Waals surface area contributed by atoms with Crippen LogP contribution in [-0.2, 0) is 6.42 Å². The first-order valence-electron chi connectivity index (χ1n) is 6.64. The number of benzene rings is 1. The van der Waals surface area contributed by atoms with Gasteiger partial charge in [-0.2, -0.15) is 0 Å². The van der Waals surface area contributed by atoms with Crippen molar-refractivity contribution in [1.82, 2.24) is 5.32 Å². The standard InChI is InChI=1S/C15H24BrNO/c1-11(2)15(8-9-18)17-12(3)10-13-4-6-14(16)7-5-13/h4-7,11-12,15,17-18H,8-10H2,1-3H3. The summed E-state index contributed by atoms with van der Waals surface area (Å²) in [5.74, 6) is 0.546. The topological polar surface area (TPSA) is 32.3 Å². The van der Waals surface area contributed by atoms with Crippen molar-refractivity contribution in [3.05, 3.63) is 34.3 Å². The zero-order valence-corrected chi connectivity index (χ0v) is 13.1. The molecule has 0 heterocycles. The van der Waals surface area contributed by atoms with Crippen LogP contribution in [0.1, 0.15) is 32.8 Å². The van der Waals surface area contributed by atoms with Gasteiger partial charge in [0.1, 0.15) is 0 Å². The van der Waals surface area contributed by atoms with E-state index < -0.39 is 0 Å². The SMILES string of the molecule is CC(Cc1ccc(Br)cc1)NC(CCO)C(C)C. The molecule has 2 atom stereocenters. The van der Waals surface area contributed by atoms with Crippen molar-refractivity contribution in [2.45, 2.75) is 45.7 Å². The van der Waals surface area contributed by atoms with Crippen molar-refractivity contribution in [3.63, 3.8) is 0 Å². The molecule has 0 spiro atoms. The summed E-state index contributed by atoms with van der Waals surface area (Å²) >= 11 is 3.45. The first kappa shape index (κ1) is 15.7. The van der Waals surface area contributed by atoms with Crippen molar-refractivity contribution in [3.8, 4) is 0 Å². The summed E-state index contributed by atoms with van der Waals surface area (Å²) in [6, 6.07) is 9.27. The van der Waals surface area contributed by atoms with E-state index in [1.165, 1.54) is 5.56 Å². The van der Waals surface area contributed by atoms with E-state index in [1.54, 1.807) is 0 Å². The van der Waals surface area contributed by atoms with Crippen molar-refractivity contribution in [2.75, 3.05) is 6.61 Å². The molecule has 1 rings (SSSR count). The second kappa shape index (κ2) is 7.93. The lowest BCUT2D eigenvalue weighted by Gasteiger charge is -2.26. The molecule has 0 bridgehead atoms. The summed E-state index contributed by atoms with van der Waals surface area (Å²) in [5.41, 5.74) is 1.34. The van der Waals surface area contributed by atoms with Gasteiger partial charge in [0.15, 0.2) is 0 Å². The Hall–Kier alpha value is -0.380. The highest BCUT2D eigenvalue weighted by Gasteiger charge is 2.15. The lowest BCUT2D eigenvalue weighted by atomic mass is 9.99. The molecule has 0 amide bonds. The van der Waals surface area contributed by atoms with Crippen LogP contribution in [0.4, 0.5) is 0 Å². The van der Waals surface area contributed by atoms with Crippen LogP contribution in [0.15, 0.2) is 28.7 Å². The minimum atomic E-state index is 0.251. The summed E-state index contributed by atoms with van der Waals surface area (Å²) in [4.78, 5) is 0. The highest BCUT2D eigenvalue weighted by molar-refractivity contribution is 9.10. The zero-order chi connectivity index (χ0) is 13.5. The van der Waals surface area contributed by atoms with E-state index in [0.29, 0.717) is 18.0 Å². The van der Waals surface area contributed by atoms with Gasteiger partial charge in [-0.05, 0) is 43.4 Å². The van der Waals surface area contributed by atoms with Crippen LogP contribution in [0.3, 0.4) is 0 Å². The Balaban J connectivity index is 2.49. The first-order chi connectivity index (χ1) is 8.52. The first-order valence-corrected chi connectivity index (χ1v) is 7.43. The summed E-state index contributed by atoms with van der Waals surface area (Å²) in [6.07, 6.45) is 1.84. The minimum Gasteiger partial charge on any atom is -0.396 e. The van der Waals surface area contributed by atoms with Crippen LogP contribution in [0.2, 0.25) is 0 Å². The molecule has 2 N–H and O–H groups in total. The largest absolute Gasteiger partial charge is 0.396 e. The van der Waals surface area contributed by atoms with Crippen LogP contribution in [0, 0.1) is 5.92 Å². The van der Waals surface area contributed by atoms with E-state index in [2.05, 4.69) is 66.3 Å². The number of halogens is 1. The van der Waals surface area contributed by atoms with Crippen LogP contribution < -0.4 is 5.32 Å². The van der Waals surface area contributed by atoms with Gasteiger partial charge in [-0.3, -0.25) is 0 Å². The molecule has 0 aliphatic carbocycles. The molecule has 18 heavy (non-hydrogen) atoms. The molecule has 102 valence electrons. The molecular formula is C15H24BrNO. The molecule has 2 unspecified atom stereocenters. The molecule has 0 saturated carbocycles. The quantitative estimate of drug-likeness (QED) is 0.809. The fourth-order valence-electron chi connectivity index (χ4n) is 2.15. The van der Waals surface area contributed by atoms with E-state index in [0.717, 1.165) is 17.3 Å². The normalized spacial score (nSPS) is 14.8. The summed E-state index contributed by atoms with van der Waals surface area (Å²) < 4.78 is 1.12. The lowest BCUT2D eigenvalue weighted by molar-refractivity contribution is 0.236. The van der Waals surface area contributed by atoms with Crippen LogP contribution in [-0.4, -0.2) is 23.8 Å². The van der Waals surface area contributed by atoms with Crippen LogP contribution in [0.25, 0.3) is 0 Å². The van der Waals surface area contributed by atoms with Gasteiger partial charge in [0.25, 0.3) is 0 Å². The van der Waals surface area contributed by atoms with Gasteiger partial charge in [0, 0.05) is 23.2 Å². The van der Waals surface area contributed by atoms with E-state index in [-0.39, 0.29) is 6.61 Å². The van der Waals surface area contributed by atoms with Crippen LogP contribution in [0.5, 0.6) is 0 Å². The molecule has 0 fully saturated rings. The van der Waals surface area contributed by atoms with Gasteiger partial charge >= 0.3 is 0 Å². The monoisotopic (exact) mass is 313 g/mol. The maximum Gasteiger partial charge on any atom is 0.0445 e. The number of hydrogen-bond donors (Lipinski definition) is 2. The Morgan fingerprint density at radius 1 is 1.17 bits per heavy atom. The van der Waals surface area contributed by atoms with E-state index in [1.807, 2.05) is 0 Å². The fraction of sp³-hybridized carbons (Fsp3) is 0.600. The summed E-state index contributed by atoms with van der Waals surface area (Å²) in [7, 11) is 0. The molecule has 0 saturated heterocycles. The number of nitrogens with one attached hydrogen (secondary N) is 1.